The van der Waals surface area contributed by atoms with Gasteiger partial charge in [-0.25, -0.2) is 0 Å². The van der Waals surface area contributed by atoms with Crippen LogP contribution < -0.4 is 4.90 Å². The first-order valence-corrected chi connectivity index (χ1v) is 5.69. The van der Waals surface area contributed by atoms with Gasteiger partial charge in [-0.2, -0.15) is 0 Å². The van der Waals surface area contributed by atoms with Crippen molar-refractivity contribution in [3.8, 4) is 0 Å². The molecule has 15 heavy (non-hydrogen) atoms. The van der Waals surface area contributed by atoms with Crippen molar-refractivity contribution in [2.75, 3.05) is 24.4 Å². The molecule has 1 aromatic rings. The molecule has 0 N–H and O–H groups in total. The molecule has 0 aliphatic carbocycles. The Bertz CT molecular complexity index is 389. The Kier molecular flexibility index (Phi) is 2.96. The minimum Gasteiger partial charge on any atom is -0.374 e. The zero-order valence-corrected chi connectivity index (χ0v) is 9.55. The monoisotopic (exact) mass is 223 g/mol. The summed E-state index contributed by atoms with van der Waals surface area (Å²) >= 11 is 5.54. The lowest BCUT2D eigenvalue weighted by molar-refractivity contribution is 0.102. The summed E-state index contributed by atoms with van der Waals surface area (Å²) in [5, 5.41) is 0. The molecule has 1 aliphatic heterocycles. The zero-order valence-electron chi connectivity index (χ0n) is 8.79. The largest absolute Gasteiger partial charge is 0.374 e. The van der Waals surface area contributed by atoms with Crippen LogP contribution in [-0.2, 0) is 6.42 Å². The lowest BCUT2D eigenvalue weighted by Crippen LogP contribution is -2.25. The van der Waals surface area contributed by atoms with Gasteiger partial charge in [0.1, 0.15) is 0 Å². The van der Waals surface area contributed by atoms with Crippen molar-refractivity contribution in [3.63, 3.8) is 0 Å². The molecular formula is C12H14ClNO. The number of hydrogen-bond acceptors (Lipinski definition) is 2. The molecule has 1 aromatic carbocycles. The molecule has 0 atom stereocenters. The van der Waals surface area contributed by atoms with Gasteiger partial charge in [0.25, 0.3) is 0 Å². The number of benzene rings is 1. The number of rotatable bonds is 2. The maximum atomic E-state index is 11.5. The molecule has 80 valence electrons. The predicted octanol–water partition coefficient (Wildman–Crippen LogP) is 2.49. The third kappa shape index (κ3) is 2.00. The number of alkyl halides is 1. The van der Waals surface area contributed by atoms with E-state index in [0.29, 0.717) is 0 Å². The number of aryl methyl sites for hydroxylation is 1. The molecule has 0 bridgehead atoms. The molecule has 0 saturated heterocycles. The summed E-state index contributed by atoms with van der Waals surface area (Å²) < 4.78 is 0. The summed E-state index contributed by atoms with van der Waals surface area (Å²) in [5.74, 6) is 0.0566. The van der Waals surface area contributed by atoms with Crippen molar-refractivity contribution in [1.82, 2.24) is 0 Å². The highest BCUT2D eigenvalue weighted by molar-refractivity contribution is 6.30. The van der Waals surface area contributed by atoms with E-state index in [0.717, 1.165) is 18.5 Å². The fraction of sp³-hybridized carbons (Fsp3) is 0.417. The summed E-state index contributed by atoms with van der Waals surface area (Å²) in [4.78, 5) is 13.7. The number of carbonyl (C=O) groups excluding carboxylic acids is 1. The molecule has 0 aromatic heterocycles. The van der Waals surface area contributed by atoms with E-state index < -0.39 is 0 Å². The molecule has 3 heteroatoms. The van der Waals surface area contributed by atoms with Crippen LogP contribution in [0.4, 0.5) is 5.69 Å². The average molecular weight is 224 g/mol. The highest BCUT2D eigenvalue weighted by Crippen LogP contribution is 2.27. The number of fused-ring (bicyclic) bond motifs is 1. The second-order valence-electron chi connectivity index (χ2n) is 3.93. The van der Waals surface area contributed by atoms with Gasteiger partial charge in [0, 0.05) is 24.8 Å². The fourth-order valence-electron chi connectivity index (χ4n) is 2.01. The number of anilines is 1. The van der Waals surface area contributed by atoms with Gasteiger partial charge in [0.05, 0.1) is 5.88 Å². The Morgan fingerprint density at radius 1 is 1.53 bits per heavy atom. The lowest BCUT2D eigenvalue weighted by atomic mass is 9.99. The van der Waals surface area contributed by atoms with Crippen LogP contribution in [0.3, 0.4) is 0 Å². The second kappa shape index (κ2) is 4.23. The van der Waals surface area contributed by atoms with Crippen molar-refractivity contribution in [3.05, 3.63) is 29.3 Å². The smallest absolute Gasteiger partial charge is 0.177 e. The van der Waals surface area contributed by atoms with Gasteiger partial charge in [-0.15, -0.1) is 11.6 Å². The number of nitrogens with zero attached hydrogens (tertiary/aromatic N) is 1. The Hall–Kier alpha value is -1.02. The zero-order chi connectivity index (χ0) is 10.8. The van der Waals surface area contributed by atoms with Crippen LogP contribution >= 0.6 is 11.6 Å². The van der Waals surface area contributed by atoms with Crippen LogP contribution in [0.25, 0.3) is 0 Å². The van der Waals surface area contributed by atoms with E-state index in [2.05, 4.69) is 11.9 Å². The predicted molar refractivity (Wildman–Crippen MR) is 63.1 cm³/mol. The number of hydrogen-bond donors (Lipinski definition) is 0. The molecule has 0 fully saturated rings. The van der Waals surface area contributed by atoms with Gasteiger partial charge in [0.15, 0.2) is 5.78 Å². The first kappa shape index (κ1) is 10.5. The van der Waals surface area contributed by atoms with Crippen LogP contribution in [0.1, 0.15) is 22.3 Å². The van der Waals surface area contributed by atoms with E-state index >= 15 is 0 Å². The minimum atomic E-state index is -0.00144. The van der Waals surface area contributed by atoms with E-state index in [9.17, 15) is 4.79 Å². The highest BCUT2D eigenvalue weighted by Gasteiger charge is 2.15. The molecule has 0 amide bonds. The molecular weight excluding hydrogens is 210 g/mol. The molecule has 1 heterocycles. The Morgan fingerprint density at radius 2 is 2.33 bits per heavy atom. The highest BCUT2D eigenvalue weighted by atomic mass is 35.5. The van der Waals surface area contributed by atoms with E-state index in [1.54, 1.807) is 0 Å². The van der Waals surface area contributed by atoms with Crippen LogP contribution in [0.15, 0.2) is 18.2 Å². The van der Waals surface area contributed by atoms with Crippen molar-refractivity contribution < 1.29 is 4.79 Å². The number of carbonyl (C=O) groups is 1. The van der Waals surface area contributed by atoms with E-state index in [4.69, 9.17) is 11.6 Å². The Labute approximate surface area is 94.8 Å². The topological polar surface area (TPSA) is 20.3 Å². The normalized spacial score (nSPS) is 14.9. The van der Waals surface area contributed by atoms with Gasteiger partial charge in [-0.1, -0.05) is 12.1 Å². The van der Waals surface area contributed by atoms with Crippen LogP contribution in [0, 0.1) is 0 Å². The van der Waals surface area contributed by atoms with Crippen molar-refractivity contribution in [1.29, 1.82) is 0 Å². The quantitative estimate of drug-likeness (QED) is 0.567. The fourth-order valence-corrected chi connectivity index (χ4v) is 2.16. The SMILES string of the molecule is CN1CCCc2ccc(C(=O)CCl)cc21. The summed E-state index contributed by atoms with van der Waals surface area (Å²) in [7, 11) is 2.06. The van der Waals surface area contributed by atoms with Gasteiger partial charge >= 0.3 is 0 Å². The van der Waals surface area contributed by atoms with E-state index in [1.807, 2.05) is 18.2 Å². The average Bonchev–Trinajstić information content (AvgIpc) is 2.28. The standard InChI is InChI=1S/C12H14ClNO/c1-14-6-2-3-9-4-5-10(7-11(9)14)12(15)8-13/h4-5,7H,2-3,6,8H2,1H3. The summed E-state index contributed by atoms with van der Waals surface area (Å²) in [5.41, 5.74) is 3.23. The molecule has 0 saturated carbocycles. The summed E-state index contributed by atoms with van der Waals surface area (Å²) in [6.07, 6.45) is 2.29. The first-order chi connectivity index (χ1) is 7.22. The maximum absolute atomic E-state index is 11.5. The second-order valence-corrected chi connectivity index (χ2v) is 4.19. The Balaban J connectivity index is 2.39. The number of halogens is 1. The van der Waals surface area contributed by atoms with Crippen molar-refractivity contribution in [2.45, 2.75) is 12.8 Å². The van der Waals surface area contributed by atoms with Gasteiger partial charge in [0.2, 0.25) is 0 Å². The number of ketones is 1. The molecule has 1 aliphatic rings. The lowest BCUT2D eigenvalue weighted by Gasteiger charge is -2.27. The van der Waals surface area contributed by atoms with Crippen LogP contribution in [0.2, 0.25) is 0 Å². The third-order valence-electron chi connectivity index (χ3n) is 2.88. The summed E-state index contributed by atoms with van der Waals surface area (Å²) in [6.45, 7) is 1.06. The van der Waals surface area contributed by atoms with Crippen molar-refractivity contribution >= 4 is 23.1 Å². The third-order valence-corrected chi connectivity index (χ3v) is 3.12. The molecule has 0 spiro atoms. The first-order valence-electron chi connectivity index (χ1n) is 5.15. The van der Waals surface area contributed by atoms with Gasteiger partial charge in [-0.3, -0.25) is 4.79 Å². The van der Waals surface area contributed by atoms with Gasteiger partial charge in [-0.05, 0) is 24.5 Å². The molecule has 2 rings (SSSR count). The minimum absolute atomic E-state index is 0.00144. The molecule has 0 radical (unpaired) electrons. The maximum Gasteiger partial charge on any atom is 0.177 e. The van der Waals surface area contributed by atoms with Gasteiger partial charge < -0.3 is 4.90 Å². The van der Waals surface area contributed by atoms with E-state index in [-0.39, 0.29) is 11.7 Å². The Morgan fingerprint density at radius 3 is 3.07 bits per heavy atom. The van der Waals surface area contributed by atoms with E-state index in [1.165, 1.54) is 17.7 Å². The van der Waals surface area contributed by atoms with Crippen LogP contribution in [0.5, 0.6) is 0 Å². The summed E-state index contributed by atoms with van der Waals surface area (Å²) in [6, 6.07) is 5.88. The number of Topliss-reactive ketones (excluding diaryl/α,β-unsaturated/α-hetero) is 1. The molecule has 0 unspecified atom stereocenters. The van der Waals surface area contributed by atoms with Crippen LogP contribution in [-0.4, -0.2) is 25.3 Å². The van der Waals surface area contributed by atoms with Crippen molar-refractivity contribution in [2.24, 2.45) is 0 Å². The molecule has 2 nitrogen and oxygen atoms in total.